The van der Waals surface area contributed by atoms with Crippen molar-refractivity contribution in [2.45, 2.75) is 6.61 Å². The molecule has 0 saturated carbocycles. The summed E-state index contributed by atoms with van der Waals surface area (Å²) in [7, 11) is 0. The van der Waals surface area contributed by atoms with Crippen LogP contribution in [0.15, 0.2) is 79.5 Å². The van der Waals surface area contributed by atoms with E-state index in [0.717, 1.165) is 12.1 Å². The molecule has 34 heavy (non-hydrogen) atoms. The molecule has 0 unspecified atom stereocenters. The Balaban J connectivity index is 1.47. The molecule has 3 aromatic carbocycles. The number of aromatic nitrogens is 4. The van der Waals surface area contributed by atoms with Crippen molar-refractivity contribution in [1.29, 1.82) is 0 Å². The van der Waals surface area contributed by atoms with E-state index in [0.29, 0.717) is 22.4 Å². The number of ketones is 1. The van der Waals surface area contributed by atoms with E-state index in [-0.39, 0.29) is 17.9 Å². The minimum atomic E-state index is -1.14. The molecule has 0 fully saturated rings. The van der Waals surface area contributed by atoms with Gasteiger partial charge in [0.15, 0.2) is 23.2 Å². The van der Waals surface area contributed by atoms with E-state index in [1.165, 1.54) is 30.3 Å². The molecule has 0 atom stereocenters. The highest BCUT2D eigenvalue weighted by Crippen LogP contribution is 2.27. The molecule has 6 nitrogen and oxygen atoms in total. The number of benzene rings is 3. The van der Waals surface area contributed by atoms with Crippen molar-refractivity contribution in [3.8, 4) is 11.6 Å². The highest BCUT2D eigenvalue weighted by Gasteiger charge is 2.23. The summed E-state index contributed by atoms with van der Waals surface area (Å²) in [6.07, 6.45) is 6.36. The number of carbonyl (C=O) groups is 1. The van der Waals surface area contributed by atoms with Gasteiger partial charge >= 0.3 is 0 Å². The lowest BCUT2D eigenvalue weighted by Crippen LogP contribution is -2.10. The van der Waals surface area contributed by atoms with Crippen molar-refractivity contribution in [3.63, 3.8) is 0 Å². The fourth-order valence-electron chi connectivity index (χ4n) is 3.45. The van der Waals surface area contributed by atoms with Crippen LogP contribution in [0.5, 0.6) is 5.75 Å². The lowest BCUT2D eigenvalue weighted by atomic mass is 10.0. The van der Waals surface area contributed by atoms with Crippen molar-refractivity contribution in [1.82, 2.24) is 19.5 Å². The summed E-state index contributed by atoms with van der Waals surface area (Å²) in [4.78, 5) is 25.8. The Morgan fingerprint density at radius 2 is 1.88 bits per heavy atom. The average molecular weight is 460 g/mol. The Morgan fingerprint density at radius 3 is 2.68 bits per heavy atom. The van der Waals surface area contributed by atoms with Crippen molar-refractivity contribution in [3.05, 3.63) is 114 Å². The molecule has 2 aromatic heterocycles. The predicted octanol–water partition coefficient (Wildman–Crippen LogP) is 5.04. The molecule has 0 aliphatic heterocycles. The average Bonchev–Trinajstić information content (AvgIpc) is 3.38. The van der Waals surface area contributed by atoms with Crippen LogP contribution in [-0.2, 0) is 6.61 Å². The zero-order chi connectivity index (χ0) is 23.7. The van der Waals surface area contributed by atoms with Gasteiger partial charge in [-0.05, 0) is 48.0 Å². The first-order valence-electron chi connectivity index (χ1n) is 10.1. The Labute approximate surface area is 191 Å². The minimum absolute atomic E-state index is 0.0321. The van der Waals surface area contributed by atoms with E-state index in [9.17, 15) is 13.6 Å². The van der Waals surface area contributed by atoms with Crippen LogP contribution in [-0.4, -0.2) is 25.3 Å². The molecule has 0 saturated heterocycles. The Kier molecular flexibility index (Phi) is 5.51. The monoisotopic (exact) mass is 460 g/mol. The molecule has 0 aliphatic carbocycles. The fraction of sp³-hybridized carbons (Fsp3) is 0.0400. The number of halogens is 3. The Bertz CT molecular complexity index is 1520. The number of hydrogen-bond donors (Lipinski definition) is 0. The van der Waals surface area contributed by atoms with Crippen LogP contribution in [0.25, 0.3) is 16.9 Å². The largest absolute Gasteiger partial charge is 0.486 e. The molecule has 0 bridgehead atoms. The quantitative estimate of drug-likeness (QED) is 0.332. The first-order chi connectivity index (χ1) is 16.5. The Hall–Kier alpha value is -4.53. The van der Waals surface area contributed by atoms with Gasteiger partial charge in [0.2, 0.25) is 0 Å². The van der Waals surface area contributed by atoms with Crippen molar-refractivity contribution in [2.75, 3.05) is 0 Å². The van der Waals surface area contributed by atoms with Crippen LogP contribution in [0.3, 0.4) is 0 Å². The number of hydrogen-bond acceptors (Lipinski definition) is 5. The summed E-state index contributed by atoms with van der Waals surface area (Å²) in [5, 5.41) is 0. The topological polar surface area (TPSA) is 69.9 Å². The third-order valence-electron chi connectivity index (χ3n) is 5.13. The smallest absolute Gasteiger partial charge is 0.199 e. The molecule has 5 rings (SSSR count). The minimum Gasteiger partial charge on any atom is -0.486 e. The van der Waals surface area contributed by atoms with Gasteiger partial charge in [0, 0.05) is 18.0 Å². The van der Waals surface area contributed by atoms with Gasteiger partial charge in [-0.2, -0.15) is 0 Å². The van der Waals surface area contributed by atoms with Crippen LogP contribution >= 0.6 is 0 Å². The first-order valence-corrected chi connectivity index (χ1v) is 10.1. The molecule has 168 valence electrons. The lowest BCUT2D eigenvalue weighted by molar-refractivity contribution is 0.103. The first kappa shape index (κ1) is 21.3. The number of fused-ring (bicyclic) bond motifs is 1. The van der Waals surface area contributed by atoms with Gasteiger partial charge in [0.05, 0.1) is 22.8 Å². The highest BCUT2D eigenvalue weighted by molar-refractivity contribution is 6.10. The van der Waals surface area contributed by atoms with E-state index in [1.807, 2.05) is 0 Å². The lowest BCUT2D eigenvalue weighted by Gasteiger charge is -2.11. The maximum absolute atomic E-state index is 15.1. The second-order valence-electron chi connectivity index (χ2n) is 7.38. The van der Waals surface area contributed by atoms with E-state index in [4.69, 9.17) is 4.74 Å². The summed E-state index contributed by atoms with van der Waals surface area (Å²) >= 11 is 0. The van der Waals surface area contributed by atoms with Crippen LogP contribution in [0.1, 0.15) is 21.5 Å². The number of carbonyl (C=O) groups excluding carboxylic acids is 1. The number of rotatable bonds is 6. The fourth-order valence-corrected chi connectivity index (χ4v) is 3.45. The van der Waals surface area contributed by atoms with Crippen molar-refractivity contribution < 1.29 is 22.7 Å². The van der Waals surface area contributed by atoms with E-state index in [1.54, 1.807) is 41.6 Å². The van der Waals surface area contributed by atoms with Crippen molar-refractivity contribution in [2.24, 2.45) is 0 Å². The normalized spacial score (nSPS) is 11.0. The molecule has 0 radical (unpaired) electrons. The van der Waals surface area contributed by atoms with Crippen LogP contribution < -0.4 is 4.74 Å². The van der Waals surface area contributed by atoms with Gasteiger partial charge in [-0.1, -0.05) is 12.1 Å². The van der Waals surface area contributed by atoms with Crippen LogP contribution in [0.2, 0.25) is 0 Å². The zero-order valence-electron chi connectivity index (χ0n) is 17.5. The number of ether oxygens (including phenoxy) is 1. The van der Waals surface area contributed by atoms with Crippen LogP contribution in [0.4, 0.5) is 13.2 Å². The van der Waals surface area contributed by atoms with Crippen molar-refractivity contribution >= 4 is 16.8 Å². The van der Waals surface area contributed by atoms with Gasteiger partial charge in [-0.25, -0.2) is 23.1 Å². The molecule has 9 heteroatoms. The third kappa shape index (κ3) is 4.11. The standard InChI is InChI=1S/C25H15F3N4O2/c26-17-3-1-2-15(10-17)13-34-21-7-5-18(27)23(24(21)28)25(33)16-4-6-19-20(11-16)31-22(12-30-19)32-9-8-29-14-32/h1-12,14H,13H2. The van der Waals surface area contributed by atoms with Gasteiger partial charge in [-0.15, -0.1) is 0 Å². The zero-order valence-corrected chi connectivity index (χ0v) is 17.5. The number of imidazole rings is 1. The second kappa shape index (κ2) is 8.78. The second-order valence-corrected chi connectivity index (χ2v) is 7.38. The summed E-state index contributed by atoms with van der Waals surface area (Å²) in [6, 6.07) is 12.0. The molecule has 0 N–H and O–H groups in total. The summed E-state index contributed by atoms with van der Waals surface area (Å²) in [6.45, 7) is -0.156. The Morgan fingerprint density at radius 1 is 1.00 bits per heavy atom. The van der Waals surface area contributed by atoms with Gasteiger partial charge in [-0.3, -0.25) is 14.3 Å². The SMILES string of the molecule is O=C(c1ccc2ncc(-n3ccnc3)nc2c1)c1c(F)ccc(OCc2cccc(F)c2)c1F. The van der Waals surface area contributed by atoms with Gasteiger partial charge in [0.1, 0.15) is 24.6 Å². The molecule has 5 aromatic rings. The maximum atomic E-state index is 15.1. The summed E-state index contributed by atoms with van der Waals surface area (Å²) < 4.78 is 50.1. The maximum Gasteiger partial charge on any atom is 0.199 e. The van der Waals surface area contributed by atoms with E-state index < -0.39 is 28.8 Å². The molecular formula is C25H15F3N4O2. The van der Waals surface area contributed by atoms with Crippen LogP contribution in [0, 0.1) is 17.5 Å². The molecule has 0 aliphatic rings. The summed E-state index contributed by atoms with van der Waals surface area (Å²) in [5.74, 6) is -3.36. The predicted molar refractivity (Wildman–Crippen MR) is 117 cm³/mol. The molecular weight excluding hydrogens is 445 g/mol. The third-order valence-corrected chi connectivity index (χ3v) is 5.13. The molecule has 0 spiro atoms. The van der Waals surface area contributed by atoms with Gasteiger partial charge in [0.25, 0.3) is 0 Å². The highest BCUT2D eigenvalue weighted by atomic mass is 19.1. The van der Waals surface area contributed by atoms with E-state index in [2.05, 4.69) is 15.0 Å². The van der Waals surface area contributed by atoms with Gasteiger partial charge < -0.3 is 4.74 Å². The number of nitrogens with zero attached hydrogens (tertiary/aromatic N) is 4. The molecule has 0 amide bonds. The van der Waals surface area contributed by atoms with E-state index >= 15 is 4.39 Å². The molecule has 2 heterocycles. The summed E-state index contributed by atoms with van der Waals surface area (Å²) in [5.41, 5.74) is 0.614.